The molecule has 3 atom stereocenters. The second-order valence-electron chi connectivity index (χ2n) is 3.45. The van der Waals surface area contributed by atoms with Crippen molar-refractivity contribution >= 4 is 11.7 Å². The zero-order chi connectivity index (χ0) is 12.6. The predicted molar refractivity (Wildman–Crippen MR) is 50.9 cm³/mol. The number of imidazole rings is 1. The van der Waals surface area contributed by atoms with E-state index in [0.29, 0.717) is 0 Å². The Hall–Kier alpha value is -1.84. The number of aromatic nitrogens is 2. The van der Waals surface area contributed by atoms with Crippen molar-refractivity contribution in [2.24, 2.45) is 0 Å². The maximum Gasteiger partial charge on any atom is 0.437 e. The second kappa shape index (κ2) is 4.20. The summed E-state index contributed by atoms with van der Waals surface area (Å²) in [4.78, 5) is 24.9. The maximum absolute atomic E-state index is 11.6. The summed E-state index contributed by atoms with van der Waals surface area (Å²) < 4.78 is 5.94. The highest BCUT2D eigenvalue weighted by molar-refractivity contribution is 5.88. The molecule has 1 aromatic rings. The Labute approximate surface area is 94.4 Å². The van der Waals surface area contributed by atoms with Gasteiger partial charge < -0.3 is 25.1 Å². The normalized spacial score (nSPS) is 28.6. The molecule has 2 rings (SSSR count). The minimum Gasteiger partial charge on any atom is -0.394 e. The van der Waals surface area contributed by atoms with E-state index < -0.39 is 41.7 Å². The van der Waals surface area contributed by atoms with Gasteiger partial charge in [0, 0.05) is 0 Å². The molecule has 1 fully saturated rings. The van der Waals surface area contributed by atoms with Gasteiger partial charge in [-0.3, -0.25) is 4.79 Å². The Balaban J connectivity index is 2.32. The maximum atomic E-state index is 11.6. The van der Waals surface area contributed by atoms with Crippen LogP contribution >= 0.6 is 0 Å². The molecule has 2 N–H and O–H groups in total. The van der Waals surface area contributed by atoms with Crippen LogP contribution in [0.4, 0.5) is 5.95 Å². The van der Waals surface area contributed by atoms with Gasteiger partial charge >= 0.3 is 5.95 Å². The van der Waals surface area contributed by atoms with Crippen molar-refractivity contribution in [3.05, 3.63) is 22.5 Å². The molecule has 0 saturated carbocycles. The number of nitro groups is 1. The standard InChI is InChI=1S/C8H9N3O6/c12-3-4-5(13)6(14)7(17-4)10-2-1-9-8(10)11(15)16/h1-2,4-5,7,12-13H,3H2/t4-,5+,7?/m1/s1. The summed E-state index contributed by atoms with van der Waals surface area (Å²) in [5.41, 5.74) is 0. The predicted octanol–water partition coefficient (Wildman–Crippen LogP) is -1.39. The lowest BCUT2D eigenvalue weighted by Crippen LogP contribution is -2.29. The fourth-order valence-electron chi connectivity index (χ4n) is 1.61. The monoisotopic (exact) mass is 243 g/mol. The van der Waals surface area contributed by atoms with Crippen LogP contribution in [0.1, 0.15) is 6.23 Å². The molecule has 9 heteroatoms. The number of aliphatic hydroxyl groups excluding tert-OH is 2. The van der Waals surface area contributed by atoms with Crippen LogP contribution in [0.3, 0.4) is 0 Å². The van der Waals surface area contributed by atoms with Crippen molar-refractivity contribution in [3.8, 4) is 0 Å². The van der Waals surface area contributed by atoms with E-state index in [-0.39, 0.29) is 0 Å². The molecular weight excluding hydrogens is 234 g/mol. The van der Waals surface area contributed by atoms with Crippen molar-refractivity contribution in [3.63, 3.8) is 0 Å². The zero-order valence-electron chi connectivity index (χ0n) is 8.46. The molecule has 17 heavy (non-hydrogen) atoms. The molecule has 1 unspecified atom stereocenters. The summed E-state index contributed by atoms with van der Waals surface area (Å²) in [6.07, 6.45) is -1.55. The first-order valence-electron chi connectivity index (χ1n) is 4.71. The lowest BCUT2D eigenvalue weighted by molar-refractivity contribution is -0.398. The van der Waals surface area contributed by atoms with Crippen LogP contribution in [0, 0.1) is 10.1 Å². The minimum absolute atomic E-state index is 0.550. The van der Waals surface area contributed by atoms with E-state index in [1.807, 2.05) is 0 Å². The van der Waals surface area contributed by atoms with Crippen molar-refractivity contribution < 1.29 is 24.7 Å². The summed E-state index contributed by atoms with van der Waals surface area (Å²) in [5.74, 6) is -1.31. The Morgan fingerprint density at radius 2 is 2.35 bits per heavy atom. The van der Waals surface area contributed by atoms with Gasteiger partial charge in [0.05, 0.1) is 6.61 Å². The molecule has 1 aromatic heterocycles. The summed E-state index contributed by atoms with van der Waals surface area (Å²) in [6.45, 7) is -0.550. The summed E-state index contributed by atoms with van der Waals surface area (Å²) in [5, 5.41) is 28.9. The van der Waals surface area contributed by atoms with E-state index in [1.165, 1.54) is 6.20 Å². The second-order valence-corrected chi connectivity index (χ2v) is 3.45. The zero-order valence-corrected chi connectivity index (χ0v) is 8.46. The summed E-state index contributed by atoms with van der Waals surface area (Å²) >= 11 is 0. The van der Waals surface area contributed by atoms with Gasteiger partial charge in [-0.15, -0.1) is 0 Å². The van der Waals surface area contributed by atoms with Crippen LogP contribution in [-0.4, -0.2) is 49.3 Å². The third-order valence-corrected chi connectivity index (χ3v) is 2.43. The molecule has 0 amide bonds. The number of ketones is 1. The van der Waals surface area contributed by atoms with Gasteiger partial charge in [0.2, 0.25) is 12.0 Å². The van der Waals surface area contributed by atoms with Crippen molar-refractivity contribution in [1.82, 2.24) is 9.55 Å². The van der Waals surface area contributed by atoms with Gasteiger partial charge in [-0.2, -0.15) is 4.57 Å². The average Bonchev–Trinajstić information content (AvgIpc) is 2.86. The number of hydrogen-bond acceptors (Lipinski definition) is 7. The first-order chi connectivity index (χ1) is 8.06. The molecular formula is C8H9N3O6. The number of carbonyl (C=O) groups is 1. The highest BCUT2D eigenvalue weighted by atomic mass is 16.6. The summed E-state index contributed by atoms with van der Waals surface area (Å²) in [6, 6.07) is 0. The van der Waals surface area contributed by atoms with Crippen LogP contribution in [0.25, 0.3) is 0 Å². The third-order valence-electron chi connectivity index (χ3n) is 2.43. The van der Waals surface area contributed by atoms with Crippen LogP contribution in [0.5, 0.6) is 0 Å². The van der Waals surface area contributed by atoms with E-state index in [1.54, 1.807) is 0 Å². The molecule has 1 aliphatic rings. The molecule has 0 aliphatic carbocycles. The Bertz CT molecular complexity index is 458. The lowest BCUT2D eigenvalue weighted by Gasteiger charge is -2.09. The highest BCUT2D eigenvalue weighted by Gasteiger charge is 2.46. The molecule has 0 bridgehead atoms. The van der Waals surface area contributed by atoms with Crippen LogP contribution in [-0.2, 0) is 9.53 Å². The van der Waals surface area contributed by atoms with Crippen LogP contribution in [0.15, 0.2) is 12.4 Å². The van der Waals surface area contributed by atoms with E-state index in [4.69, 9.17) is 9.84 Å². The fourth-order valence-corrected chi connectivity index (χ4v) is 1.61. The molecule has 0 radical (unpaired) electrons. The van der Waals surface area contributed by atoms with Gasteiger partial charge in [-0.1, -0.05) is 4.98 Å². The topological polar surface area (TPSA) is 128 Å². The van der Waals surface area contributed by atoms with Gasteiger partial charge in [0.1, 0.15) is 24.6 Å². The molecule has 9 nitrogen and oxygen atoms in total. The molecule has 1 saturated heterocycles. The van der Waals surface area contributed by atoms with Crippen molar-refractivity contribution in [2.75, 3.05) is 6.61 Å². The van der Waals surface area contributed by atoms with E-state index in [9.17, 15) is 20.0 Å². The van der Waals surface area contributed by atoms with E-state index >= 15 is 0 Å². The first-order valence-corrected chi connectivity index (χ1v) is 4.71. The molecule has 0 spiro atoms. The van der Waals surface area contributed by atoms with Gasteiger partial charge in [-0.25, -0.2) is 0 Å². The number of nitrogens with zero attached hydrogens (tertiary/aromatic N) is 3. The number of hydrogen-bond donors (Lipinski definition) is 2. The van der Waals surface area contributed by atoms with E-state index in [0.717, 1.165) is 10.8 Å². The molecule has 0 aromatic carbocycles. The van der Waals surface area contributed by atoms with Gasteiger partial charge in [0.15, 0.2) is 0 Å². The molecule has 1 aliphatic heterocycles. The quantitative estimate of drug-likeness (QED) is 0.494. The summed E-state index contributed by atoms with van der Waals surface area (Å²) in [7, 11) is 0. The number of carbonyl (C=O) groups excluding carboxylic acids is 1. The highest BCUT2D eigenvalue weighted by Crippen LogP contribution is 2.28. The van der Waals surface area contributed by atoms with Crippen LogP contribution < -0.4 is 0 Å². The number of ether oxygens (including phenoxy) is 1. The minimum atomic E-state index is -1.49. The smallest absolute Gasteiger partial charge is 0.394 e. The number of aliphatic hydroxyl groups is 2. The van der Waals surface area contributed by atoms with Crippen LogP contribution in [0.2, 0.25) is 0 Å². The van der Waals surface area contributed by atoms with Gasteiger partial charge in [-0.05, 0) is 4.92 Å². The fraction of sp³-hybridized carbons (Fsp3) is 0.500. The largest absolute Gasteiger partial charge is 0.437 e. The Kier molecular flexibility index (Phi) is 2.88. The molecule has 2 heterocycles. The number of rotatable bonds is 3. The first kappa shape index (κ1) is 11.6. The Morgan fingerprint density at radius 3 is 2.88 bits per heavy atom. The third kappa shape index (κ3) is 1.79. The van der Waals surface area contributed by atoms with Crippen molar-refractivity contribution in [1.29, 1.82) is 0 Å². The van der Waals surface area contributed by atoms with Gasteiger partial charge in [0.25, 0.3) is 0 Å². The lowest BCUT2D eigenvalue weighted by atomic mass is 10.2. The molecule has 92 valence electrons. The SMILES string of the molecule is O=C1C(n2ccnc2[N+](=O)[O-])O[C@H](CO)[C@@H]1O. The Morgan fingerprint density at radius 1 is 1.65 bits per heavy atom. The number of Topliss-reactive ketones (excluding diaryl/α,β-unsaturated/α-hetero) is 1. The van der Waals surface area contributed by atoms with E-state index in [2.05, 4.69) is 4.98 Å². The van der Waals surface area contributed by atoms with Crippen molar-refractivity contribution in [2.45, 2.75) is 18.4 Å². The average molecular weight is 243 g/mol.